The zero-order valence-electron chi connectivity index (χ0n) is 14.0. The second-order valence-corrected chi connectivity index (χ2v) is 7.47. The fraction of sp³-hybridized carbons (Fsp3) is 0.263. The van der Waals surface area contributed by atoms with Gasteiger partial charge in [-0.2, -0.15) is 0 Å². The zero-order chi connectivity index (χ0) is 18.1. The summed E-state index contributed by atoms with van der Waals surface area (Å²) in [5.74, 6) is -0.631. The second kappa shape index (κ2) is 7.18. The van der Waals surface area contributed by atoms with Crippen molar-refractivity contribution in [1.29, 1.82) is 0 Å². The van der Waals surface area contributed by atoms with E-state index in [9.17, 15) is 9.59 Å². The summed E-state index contributed by atoms with van der Waals surface area (Å²) in [6.07, 6.45) is 0.186. The number of amides is 2. The van der Waals surface area contributed by atoms with E-state index in [1.807, 2.05) is 38.1 Å². The molecule has 25 heavy (non-hydrogen) atoms. The average Bonchev–Trinajstić information content (AvgIpc) is 2.95. The van der Waals surface area contributed by atoms with Crippen LogP contribution in [0.3, 0.4) is 0 Å². The van der Waals surface area contributed by atoms with Gasteiger partial charge in [-0.3, -0.25) is 9.59 Å². The van der Waals surface area contributed by atoms with Crippen molar-refractivity contribution in [1.82, 2.24) is 0 Å². The van der Waals surface area contributed by atoms with E-state index in [0.29, 0.717) is 17.3 Å². The van der Waals surface area contributed by atoms with Crippen molar-refractivity contribution in [2.24, 2.45) is 5.92 Å². The lowest BCUT2D eigenvalue weighted by molar-refractivity contribution is -0.122. The van der Waals surface area contributed by atoms with Gasteiger partial charge in [-0.15, -0.1) is 0 Å². The first-order chi connectivity index (χ1) is 11.9. The van der Waals surface area contributed by atoms with Gasteiger partial charge in [0.15, 0.2) is 0 Å². The normalized spacial score (nSPS) is 17.0. The maximum Gasteiger partial charge on any atom is 0.229 e. The minimum atomic E-state index is -0.395. The lowest BCUT2D eigenvalue weighted by Gasteiger charge is -2.18. The highest BCUT2D eigenvalue weighted by Crippen LogP contribution is 2.32. The lowest BCUT2D eigenvalue weighted by Crippen LogP contribution is -2.28. The minimum absolute atomic E-state index is 0.0867. The second-order valence-electron chi connectivity index (χ2n) is 6.27. The molecule has 1 N–H and O–H groups in total. The first kappa shape index (κ1) is 18.0. The van der Waals surface area contributed by atoms with Gasteiger partial charge < -0.3 is 10.2 Å². The topological polar surface area (TPSA) is 49.4 Å². The third kappa shape index (κ3) is 3.72. The Labute approximate surface area is 160 Å². The van der Waals surface area contributed by atoms with E-state index in [4.69, 9.17) is 11.6 Å². The summed E-state index contributed by atoms with van der Waals surface area (Å²) in [5, 5.41) is 3.44. The molecule has 2 aromatic rings. The van der Waals surface area contributed by atoms with Crippen LogP contribution in [0, 0.1) is 19.8 Å². The standard InChI is InChI=1S/C19H18BrClN2O2/c1-11-7-14(8-12(2)18(11)20)22-19(25)13-9-17(24)23(10-13)16-6-4-3-5-15(16)21/h3-8,13H,9-10H2,1-2H3,(H,22,25)/t13-/m1/s1. The number of anilines is 2. The van der Waals surface area contributed by atoms with Crippen LogP contribution in [0.25, 0.3) is 0 Å². The summed E-state index contributed by atoms with van der Waals surface area (Å²) in [4.78, 5) is 26.5. The molecule has 0 unspecified atom stereocenters. The van der Waals surface area contributed by atoms with E-state index in [-0.39, 0.29) is 18.2 Å². The maximum absolute atomic E-state index is 12.6. The Morgan fingerprint density at radius 1 is 1.24 bits per heavy atom. The van der Waals surface area contributed by atoms with Crippen molar-refractivity contribution >= 4 is 50.7 Å². The third-order valence-electron chi connectivity index (χ3n) is 4.34. The number of rotatable bonds is 3. The molecule has 0 aliphatic carbocycles. The molecule has 3 rings (SSSR count). The molecule has 1 fully saturated rings. The molecule has 130 valence electrons. The van der Waals surface area contributed by atoms with Crippen LogP contribution < -0.4 is 10.2 Å². The minimum Gasteiger partial charge on any atom is -0.326 e. The summed E-state index contributed by atoms with van der Waals surface area (Å²) in [7, 11) is 0. The van der Waals surface area contributed by atoms with E-state index in [0.717, 1.165) is 21.3 Å². The van der Waals surface area contributed by atoms with Gasteiger partial charge in [-0.25, -0.2) is 0 Å². The molecule has 4 nitrogen and oxygen atoms in total. The van der Waals surface area contributed by atoms with Crippen LogP contribution in [0.1, 0.15) is 17.5 Å². The number of hydrogen-bond donors (Lipinski definition) is 1. The van der Waals surface area contributed by atoms with E-state index < -0.39 is 5.92 Å². The van der Waals surface area contributed by atoms with Crippen LogP contribution in [-0.2, 0) is 9.59 Å². The van der Waals surface area contributed by atoms with Gasteiger partial charge in [0.25, 0.3) is 0 Å². The average molecular weight is 422 g/mol. The third-order valence-corrected chi connectivity index (χ3v) is 5.91. The fourth-order valence-corrected chi connectivity index (χ4v) is 3.52. The summed E-state index contributed by atoms with van der Waals surface area (Å²) >= 11 is 9.70. The predicted octanol–water partition coefficient (Wildman–Crippen LogP) is 4.71. The molecular weight excluding hydrogens is 404 g/mol. The lowest BCUT2D eigenvalue weighted by atomic mass is 10.1. The van der Waals surface area contributed by atoms with Gasteiger partial charge in [0.1, 0.15) is 0 Å². The van der Waals surface area contributed by atoms with Gasteiger partial charge >= 0.3 is 0 Å². The van der Waals surface area contributed by atoms with Gasteiger partial charge in [0, 0.05) is 23.1 Å². The van der Waals surface area contributed by atoms with Crippen LogP contribution in [0.5, 0.6) is 0 Å². The first-order valence-corrected chi connectivity index (χ1v) is 9.16. The molecule has 2 amide bonds. The molecule has 1 saturated heterocycles. The van der Waals surface area contributed by atoms with E-state index in [2.05, 4.69) is 21.2 Å². The quantitative estimate of drug-likeness (QED) is 0.780. The SMILES string of the molecule is Cc1cc(NC(=O)[C@@H]2CC(=O)N(c3ccccc3Cl)C2)cc(C)c1Br. The first-order valence-electron chi connectivity index (χ1n) is 7.99. The number of para-hydroxylation sites is 1. The van der Waals surface area contributed by atoms with Crippen LogP contribution in [0.15, 0.2) is 40.9 Å². The Morgan fingerprint density at radius 3 is 2.52 bits per heavy atom. The summed E-state index contributed by atoms with van der Waals surface area (Å²) in [6.45, 7) is 4.29. The van der Waals surface area contributed by atoms with Crippen molar-refractivity contribution in [3.05, 3.63) is 57.0 Å². The van der Waals surface area contributed by atoms with Gasteiger partial charge in [-0.05, 0) is 49.2 Å². The molecular formula is C19H18BrClN2O2. The van der Waals surface area contributed by atoms with Gasteiger partial charge in [-0.1, -0.05) is 39.7 Å². The Kier molecular flexibility index (Phi) is 5.16. The number of benzene rings is 2. The highest BCUT2D eigenvalue weighted by molar-refractivity contribution is 9.10. The van der Waals surface area contributed by atoms with Crippen LogP contribution >= 0.6 is 27.5 Å². The Hall–Kier alpha value is -1.85. The molecule has 1 atom stereocenters. The number of halogens is 2. The monoisotopic (exact) mass is 420 g/mol. The number of carbonyl (C=O) groups is 2. The Bertz CT molecular complexity index is 830. The Balaban J connectivity index is 1.74. The summed E-state index contributed by atoms with van der Waals surface area (Å²) < 4.78 is 1.03. The number of hydrogen-bond acceptors (Lipinski definition) is 2. The molecule has 0 spiro atoms. The van der Waals surface area contributed by atoms with Crippen LogP contribution in [0.2, 0.25) is 5.02 Å². The fourth-order valence-electron chi connectivity index (χ4n) is 3.05. The van der Waals surface area contributed by atoms with E-state index in [1.54, 1.807) is 17.0 Å². The van der Waals surface area contributed by atoms with E-state index >= 15 is 0 Å². The molecule has 0 bridgehead atoms. The Morgan fingerprint density at radius 2 is 1.88 bits per heavy atom. The number of nitrogens with one attached hydrogen (secondary N) is 1. The highest BCUT2D eigenvalue weighted by atomic mass is 79.9. The predicted molar refractivity (Wildman–Crippen MR) is 104 cm³/mol. The molecule has 1 aliphatic rings. The van der Waals surface area contributed by atoms with E-state index in [1.165, 1.54) is 0 Å². The van der Waals surface area contributed by atoms with Crippen molar-refractivity contribution in [3.8, 4) is 0 Å². The number of carbonyl (C=O) groups excluding carboxylic acids is 2. The molecule has 0 radical (unpaired) electrons. The van der Waals surface area contributed by atoms with Crippen molar-refractivity contribution in [3.63, 3.8) is 0 Å². The molecule has 1 aliphatic heterocycles. The highest BCUT2D eigenvalue weighted by Gasteiger charge is 2.35. The van der Waals surface area contributed by atoms with Crippen molar-refractivity contribution in [2.75, 3.05) is 16.8 Å². The smallest absolute Gasteiger partial charge is 0.229 e. The van der Waals surface area contributed by atoms with Gasteiger partial charge in [0.05, 0.1) is 16.6 Å². The van der Waals surface area contributed by atoms with Gasteiger partial charge in [0.2, 0.25) is 11.8 Å². The molecule has 0 saturated carbocycles. The molecule has 0 aromatic heterocycles. The van der Waals surface area contributed by atoms with Crippen LogP contribution in [0.4, 0.5) is 11.4 Å². The zero-order valence-corrected chi connectivity index (χ0v) is 16.3. The molecule has 6 heteroatoms. The maximum atomic E-state index is 12.6. The largest absolute Gasteiger partial charge is 0.326 e. The number of nitrogens with zero attached hydrogens (tertiary/aromatic N) is 1. The molecule has 1 heterocycles. The number of aryl methyl sites for hydroxylation is 2. The summed E-state index contributed by atoms with van der Waals surface area (Å²) in [5.41, 5.74) is 3.50. The van der Waals surface area contributed by atoms with Crippen LogP contribution in [-0.4, -0.2) is 18.4 Å². The van der Waals surface area contributed by atoms with Crippen molar-refractivity contribution in [2.45, 2.75) is 20.3 Å². The molecule has 2 aromatic carbocycles. The summed E-state index contributed by atoms with van der Waals surface area (Å²) in [6, 6.07) is 11.0. The van der Waals surface area contributed by atoms with Crippen molar-refractivity contribution < 1.29 is 9.59 Å².